The van der Waals surface area contributed by atoms with Crippen LogP contribution in [0.15, 0.2) is 39.6 Å². The molecule has 0 saturated carbocycles. The Labute approximate surface area is 76.4 Å². The van der Waals surface area contributed by atoms with Gasteiger partial charge in [-0.25, -0.2) is 0 Å². The highest BCUT2D eigenvalue weighted by molar-refractivity contribution is 5.55. The van der Waals surface area contributed by atoms with Crippen LogP contribution in [0.1, 0.15) is 5.76 Å². The number of hydrogen-bond donors (Lipinski definition) is 1. The number of furan rings is 2. The molecule has 0 aliphatic rings. The van der Waals surface area contributed by atoms with Crippen molar-refractivity contribution in [3.8, 4) is 11.3 Å². The van der Waals surface area contributed by atoms with Crippen molar-refractivity contribution in [1.29, 1.82) is 0 Å². The van der Waals surface area contributed by atoms with E-state index < -0.39 is 0 Å². The van der Waals surface area contributed by atoms with Crippen LogP contribution in [0, 0.1) is 0 Å². The third kappa shape index (κ3) is 1.65. The lowest BCUT2D eigenvalue weighted by molar-refractivity contribution is 0.505. The molecule has 1 N–H and O–H groups in total. The monoisotopic (exact) mass is 177 g/mol. The summed E-state index contributed by atoms with van der Waals surface area (Å²) in [7, 11) is 1.89. The lowest BCUT2D eigenvalue weighted by Gasteiger charge is -1.92. The van der Waals surface area contributed by atoms with Crippen LogP contribution in [0.25, 0.3) is 11.3 Å². The molecule has 2 heterocycles. The molecule has 0 radical (unpaired) electrons. The van der Waals surface area contributed by atoms with Gasteiger partial charge in [-0.05, 0) is 25.2 Å². The fourth-order valence-electron chi connectivity index (χ4n) is 1.21. The van der Waals surface area contributed by atoms with E-state index in [1.54, 1.807) is 12.5 Å². The Morgan fingerprint density at radius 1 is 1.31 bits per heavy atom. The maximum Gasteiger partial charge on any atom is 0.137 e. The van der Waals surface area contributed by atoms with Gasteiger partial charge >= 0.3 is 0 Å². The second kappa shape index (κ2) is 3.49. The van der Waals surface area contributed by atoms with E-state index in [0.717, 1.165) is 23.6 Å². The first-order valence-electron chi connectivity index (χ1n) is 4.16. The van der Waals surface area contributed by atoms with Gasteiger partial charge in [0.25, 0.3) is 0 Å². The summed E-state index contributed by atoms with van der Waals surface area (Å²) in [4.78, 5) is 0. The first kappa shape index (κ1) is 8.13. The van der Waals surface area contributed by atoms with E-state index in [2.05, 4.69) is 5.32 Å². The van der Waals surface area contributed by atoms with Gasteiger partial charge in [-0.2, -0.15) is 0 Å². The van der Waals surface area contributed by atoms with Crippen molar-refractivity contribution in [2.24, 2.45) is 0 Å². The molecule has 0 spiro atoms. The quantitative estimate of drug-likeness (QED) is 0.781. The first-order chi connectivity index (χ1) is 6.40. The van der Waals surface area contributed by atoms with Crippen molar-refractivity contribution in [1.82, 2.24) is 5.32 Å². The van der Waals surface area contributed by atoms with Gasteiger partial charge in [0.15, 0.2) is 0 Å². The molecule has 2 aromatic rings. The van der Waals surface area contributed by atoms with E-state index in [1.807, 2.05) is 25.2 Å². The summed E-state index contributed by atoms with van der Waals surface area (Å²) in [5.74, 6) is 1.78. The minimum Gasteiger partial charge on any atom is -0.472 e. The Morgan fingerprint density at radius 2 is 2.23 bits per heavy atom. The van der Waals surface area contributed by atoms with Gasteiger partial charge < -0.3 is 14.2 Å². The maximum absolute atomic E-state index is 5.55. The number of rotatable bonds is 3. The SMILES string of the molecule is CNCc1ccc(-c2ccoc2)o1. The van der Waals surface area contributed by atoms with Gasteiger partial charge in [-0.3, -0.25) is 0 Å². The van der Waals surface area contributed by atoms with Gasteiger partial charge in [-0.15, -0.1) is 0 Å². The molecule has 0 bridgehead atoms. The van der Waals surface area contributed by atoms with E-state index in [9.17, 15) is 0 Å². The van der Waals surface area contributed by atoms with Crippen LogP contribution in [-0.4, -0.2) is 7.05 Å². The van der Waals surface area contributed by atoms with Gasteiger partial charge in [0.1, 0.15) is 17.8 Å². The van der Waals surface area contributed by atoms with Gasteiger partial charge in [-0.1, -0.05) is 0 Å². The van der Waals surface area contributed by atoms with Gasteiger partial charge in [0.2, 0.25) is 0 Å². The Morgan fingerprint density at radius 3 is 2.92 bits per heavy atom. The average Bonchev–Trinajstić information content (AvgIpc) is 2.70. The molecule has 0 aromatic carbocycles. The normalized spacial score (nSPS) is 10.5. The van der Waals surface area contributed by atoms with Crippen molar-refractivity contribution >= 4 is 0 Å². The molecule has 0 unspecified atom stereocenters. The van der Waals surface area contributed by atoms with Crippen molar-refractivity contribution in [3.05, 3.63) is 36.5 Å². The molecule has 0 atom stereocenters. The summed E-state index contributed by atoms with van der Waals surface area (Å²) in [5.41, 5.74) is 0.974. The molecule has 0 aliphatic heterocycles. The summed E-state index contributed by atoms with van der Waals surface area (Å²) in [6, 6.07) is 5.78. The highest BCUT2D eigenvalue weighted by atomic mass is 16.3. The Hall–Kier alpha value is -1.48. The fourth-order valence-corrected chi connectivity index (χ4v) is 1.21. The standard InChI is InChI=1S/C10H11NO2/c1-11-6-9-2-3-10(13-9)8-4-5-12-7-8/h2-5,7,11H,6H2,1H3. The van der Waals surface area contributed by atoms with E-state index in [4.69, 9.17) is 8.83 Å². The molecule has 2 rings (SSSR count). The second-order valence-corrected chi connectivity index (χ2v) is 2.81. The summed E-state index contributed by atoms with van der Waals surface area (Å²) in [6.45, 7) is 0.748. The average molecular weight is 177 g/mol. The highest BCUT2D eigenvalue weighted by Crippen LogP contribution is 2.22. The van der Waals surface area contributed by atoms with E-state index in [-0.39, 0.29) is 0 Å². The van der Waals surface area contributed by atoms with Crippen LogP contribution in [0.2, 0.25) is 0 Å². The summed E-state index contributed by atoms with van der Waals surface area (Å²) in [6.07, 6.45) is 3.30. The van der Waals surface area contributed by atoms with Gasteiger partial charge in [0.05, 0.1) is 18.4 Å². The predicted molar refractivity (Wildman–Crippen MR) is 49.2 cm³/mol. The largest absolute Gasteiger partial charge is 0.472 e. The summed E-state index contributed by atoms with van der Waals surface area (Å²) in [5, 5.41) is 3.03. The predicted octanol–water partition coefficient (Wildman–Crippen LogP) is 2.26. The molecular weight excluding hydrogens is 166 g/mol. The molecule has 2 aromatic heterocycles. The zero-order valence-corrected chi connectivity index (χ0v) is 7.41. The van der Waals surface area contributed by atoms with Crippen LogP contribution in [0.5, 0.6) is 0 Å². The van der Waals surface area contributed by atoms with Crippen LogP contribution in [-0.2, 0) is 6.54 Å². The Balaban J connectivity index is 2.23. The minimum absolute atomic E-state index is 0.748. The van der Waals surface area contributed by atoms with Crippen LogP contribution in [0.4, 0.5) is 0 Å². The smallest absolute Gasteiger partial charge is 0.137 e. The molecule has 13 heavy (non-hydrogen) atoms. The Bertz CT molecular complexity index is 362. The molecule has 68 valence electrons. The summed E-state index contributed by atoms with van der Waals surface area (Å²) >= 11 is 0. The lowest BCUT2D eigenvalue weighted by Crippen LogP contribution is -2.03. The number of nitrogens with one attached hydrogen (secondary N) is 1. The van der Waals surface area contributed by atoms with Crippen LogP contribution < -0.4 is 5.32 Å². The zero-order chi connectivity index (χ0) is 9.10. The fraction of sp³-hybridized carbons (Fsp3) is 0.200. The third-order valence-electron chi connectivity index (χ3n) is 1.82. The van der Waals surface area contributed by atoms with E-state index in [1.165, 1.54) is 0 Å². The third-order valence-corrected chi connectivity index (χ3v) is 1.82. The summed E-state index contributed by atoms with van der Waals surface area (Å²) < 4.78 is 10.5. The molecule has 0 aliphatic carbocycles. The van der Waals surface area contributed by atoms with Crippen molar-refractivity contribution in [3.63, 3.8) is 0 Å². The van der Waals surface area contributed by atoms with Crippen LogP contribution in [0.3, 0.4) is 0 Å². The van der Waals surface area contributed by atoms with Crippen LogP contribution >= 0.6 is 0 Å². The first-order valence-corrected chi connectivity index (χ1v) is 4.16. The van der Waals surface area contributed by atoms with Gasteiger partial charge in [0, 0.05) is 0 Å². The van der Waals surface area contributed by atoms with E-state index in [0.29, 0.717) is 0 Å². The molecule has 0 fully saturated rings. The maximum atomic E-state index is 5.55. The minimum atomic E-state index is 0.748. The molecule has 0 saturated heterocycles. The van der Waals surface area contributed by atoms with Crippen molar-refractivity contribution in [2.45, 2.75) is 6.54 Å². The van der Waals surface area contributed by atoms with Crippen molar-refractivity contribution < 1.29 is 8.83 Å². The molecule has 3 heteroatoms. The molecule has 3 nitrogen and oxygen atoms in total. The van der Waals surface area contributed by atoms with Crippen molar-refractivity contribution in [2.75, 3.05) is 7.05 Å². The Kier molecular flexibility index (Phi) is 2.19. The lowest BCUT2D eigenvalue weighted by atomic mass is 10.3. The van der Waals surface area contributed by atoms with E-state index >= 15 is 0 Å². The second-order valence-electron chi connectivity index (χ2n) is 2.81. The number of hydrogen-bond acceptors (Lipinski definition) is 3. The molecule has 0 amide bonds. The highest BCUT2D eigenvalue weighted by Gasteiger charge is 2.04. The molecular formula is C10H11NO2. The zero-order valence-electron chi connectivity index (χ0n) is 7.41. The topological polar surface area (TPSA) is 38.3 Å².